The summed E-state index contributed by atoms with van der Waals surface area (Å²) in [5, 5.41) is 9.38. The number of rotatable bonds is 7. The Hall–Kier alpha value is -0.900. The predicted molar refractivity (Wildman–Crippen MR) is 106 cm³/mol. The molecule has 0 fully saturated rings. The summed E-state index contributed by atoms with van der Waals surface area (Å²) in [5.41, 5.74) is 1.11. The maximum atomic E-state index is 11.4. The van der Waals surface area contributed by atoms with Crippen LogP contribution in [0.25, 0.3) is 0 Å². The molecule has 0 bridgehead atoms. The van der Waals surface area contributed by atoms with Crippen molar-refractivity contribution < 1.29 is 9.53 Å². The Kier molecular flexibility index (Phi) is 11.2. The third-order valence-corrected chi connectivity index (χ3v) is 3.65. The summed E-state index contributed by atoms with van der Waals surface area (Å²) in [4.78, 5) is 20.1. The van der Waals surface area contributed by atoms with Crippen molar-refractivity contribution in [2.75, 3.05) is 13.6 Å². The minimum Gasteiger partial charge on any atom is -0.463 e. The van der Waals surface area contributed by atoms with E-state index in [1.165, 1.54) is 0 Å². The summed E-state index contributed by atoms with van der Waals surface area (Å²) in [6, 6.07) is 0. The molecule has 0 aliphatic rings. The zero-order valence-corrected chi connectivity index (χ0v) is 17.5. The number of carbonyl (C=O) groups is 1. The second-order valence-electron chi connectivity index (χ2n) is 5.46. The SMILES string of the molecule is CN=C(NCCC(=O)OC(C)C)NCc1nc(C(C)C)cs1.I. The third kappa shape index (κ3) is 9.09. The molecule has 0 unspecified atom stereocenters. The molecule has 1 aromatic rings. The summed E-state index contributed by atoms with van der Waals surface area (Å²) in [5.74, 6) is 0.882. The number of hydrogen-bond acceptors (Lipinski definition) is 5. The van der Waals surface area contributed by atoms with E-state index >= 15 is 0 Å². The van der Waals surface area contributed by atoms with E-state index in [0.29, 0.717) is 31.4 Å². The normalized spacial score (nSPS) is 11.3. The van der Waals surface area contributed by atoms with Gasteiger partial charge in [-0.05, 0) is 19.8 Å². The maximum absolute atomic E-state index is 11.4. The van der Waals surface area contributed by atoms with E-state index in [-0.39, 0.29) is 36.0 Å². The van der Waals surface area contributed by atoms with Crippen LogP contribution in [0.4, 0.5) is 0 Å². The van der Waals surface area contributed by atoms with Crippen LogP contribution in [0.2, 0.25) is 0 Å². The molecule has 1 rings (SSSR count). The van der Waals surface area contributed by atoms with Gasteiger partial charge in [0.25, 0.3) is 0 Å². The molecule has 0 saturated heterocycles. The van der Waals surface area contributed by atoms with E-state index in [0.717, 1.165) is 10.7 Å². The fraction of sp³-hybridized carbons (Fsp3) is 0.667. The van der Waals surface area contributed by atoms with Gasteiger partial charge in [0.15, 0.2) is 5.96 Å². The molecule has 0 amide bonds. The quantitative estimate of drug-likeness (QED) is 0.287. The van der Waals surface area contributed by atoms with Gasteiger partial charge in [-0.1, -0.05) is 13.8 Å². The van der Waals surface area contributed by atoms with E-state index in [1.807, 2.05) is 13.8 Å². The van der Waals surface area contributed by atoms with Crippen molar-refractivity contribution in [1.29, 1.82) is 0 Å². The Morgan fingerprint density at radius 2 is 2.04 bits per heavy atom. The zero-order valence-electron chi connectivity index (χ0n) is 14.4. The maximum Gasteiger partial charge on any atom is 0.307 e. The average molecular weight is 454 g/mol. The molecule has 132 valence electrons. The number of halogens is 1. The predicted octanol–water partition coefficient (Wildman–Crippen LogP) is 2.89. The van der Waals surface area contributed by atoms with Crippen molar-refractivity contribution in [1.82, 2.24) is 15.6 Å². The Bertz CT molecular complexity index is 503. The van der Waals surface area contributed by atoms with Gasteiger partial charge in [-0.15, -0.1) is 35.3 Å². The Morgan fingerprint density at radius 1 is 1.35 bits per heavy atom. The number of thiazole rings is 1. The number of ether oxygens (including phenoxy) is 1. The van der Waals surface area contributed by atoms with E-state index in [4.69, 9.17) is 4.74 Å². The van der Waals surface area contributed by atoms with Crippen LogP contribution < -0.4 is 10.6 Å². The average Bonchev–Trinajstić information content (AvgIpc) is 2.90. The molecule has 0 atom stereocenters. The van der Waals surface area contributed by atoms with Crippen LogP contribution >= 0.6 is 35.3 Å². The van der Waals surface area contributed by atoms with Crippen LogP contribution in [0.1, 0.15) is 50.7 Å². The summed E-state index contributed by atoms with van der Waals surface area (Å²) in [6.07, 6.45) is 0.234. The second-order valence-corrected chi connectivity index (χ2v) is 6.40. The molecule has 8 heteroatoms. The van der Waals surface area contributed by atoms with Crippen molar-refractivity contribution in [2.45, 2.75) is 52.7 Å². The van der Waals surface area contributed by atoms with Crippen molar-refractivity contribution >= 4 is 47.2 Å². The van der Waals surface area contributed by atoms with Crippen molar-refractivity contribution in [3.05, 3.63) is 16.1 Å². The lowest BCUT2D eigenvalue weighted by molar-refractivity contribution is -0.147. The molecule has 0 spiro atoms. The van der Waals surface area contributed by atoms with Gasteiger partial charge in [-0.2, -0.15) is 0 Å². The zero-order chi connectivity index (χ0) is 16.5. The lowest BCUT2D eigenvalue weighted by Gasteiger charge is -2.11. The second kappa shape index (κ2) is 11.6. The molecule has 0 saturated carbocycles. The van der Waals surface area contributed by atoms with Crippen LogP contribution in [0, 0.1) is 0 Å². The van der Waals surface area contributed by atoms with Crippen LogP contribution in [-0.2, 0) is 16.1 Å². The molecule has 0 aromatic carbocycles. The van der Waals surface area contributed by atoms with Gasteiger partial charge in [-0.3, -0.25) is 9.79 Å². The van der Waals surface area contributed by atoms with Gasteiger partial charge in [0.05, 0.1) is 24.8 Å². The first-order valence-electron chi connectivity index (χ1n) is 7.50. The largest absolute Gasteiger partial charge is 0.463 e. The Morgan fingerprint density at radius 3 is 2.57 bits per heavy atom. The van der Waals surface area contributed by atoms with Gasteiger partial charge in [0, 0.05) is 19.0 Å². The molecular weight excluding hydrogens is 427 g/mol. The minimum absolute atomic E-state index is 0. The van der Waals surface area contributed by atoms with Crippen LogP contribution in [0.3, 0.4) is 0 Å². The number of hydrogen-bond donors (Lipinski definition) is 2. The number of esters is 1. The number of aliphatic imine (C=N–C) groups is 1. The lowest BCUT2D eigenvalue weighted by Crippen LogP contribution is -2.38. The molecule has 2 N–H and O–H groups in total. The highest BCUT2D eigenvalue weighted by molar-refractivity contribution is 14.0. The number of nitrogens with zero attached hydrogens (tertiary/aromatic N) is 2. The summed E-state index contributed by atoms with van der Waals surface area (Å²) in [7, 11) is 1.70. The van der Waals surface area contributed by atoms with Crippen LogP contribution in [0.15, 0.2) is 10.4 Å². The molecule has 6 nitrogen and oxygen atoms in total. The first kappa shape index (κ1) is 22.1. The fourth-order valence-electron chi connectivity index (χ4n) is 1.66. The van der Waals surface area contributed by atoms with Crippen molar-refractivity contribution in [3.8, 4) is 0 Å². The molecule has 1 heterocycles. The summed E-state index contributed by atoms with van der Waals surface area (Å²) < 4.78 is 5.07. The number of guanidine groups is 1. The highest BCUT2D eigenvalue weighted by Crippen LogP contribution is 2.17. The van der Waals surface area contributed by atoms with Crippen LogP contribution in [-0.4, -0.2) is 36.6 Å². The fourth-order valence-corrected chi connectivity index (χ4v) is 2.55. The van der Waals surface area contributed by atoms with E-state index in [9.17, 15) is 4.79 Å². The Balaban J connectivity index is 0.00000484. The van der Waals surface area contributed by atoms with Gasteiger partial charge >= 0.3 is 5.97 Å². The number of aromatic nitrogens is 1. The molecule has 0 radical (unpaired) electrons. The topological polar surface area (TPSA) is 75.6 Å². The van der Waals surface area contributed by atoms with Gasteiger partial charge in [0.1, 0.15) is 5.01 Å². The van der Waals surface area contributed by atoms with E-state index in [2.05, 4.69) is 39.8 Å². The smallest absolute Gasteiger partial charge is 0.307 e. The molecule has 1 aromatic heterocycles. The highest BCUT2D eigenvalue weighted by Gasteiger charge is 2.08. The monoisotopic (exact) mass is 454 g/mol. The highest BCUT2D eigenvalue weighted by atomic mass is 127. The summed E-state index contributed by atoms with van der Waals surface area (Å²) >= 11 is 1.64. The number of nitrogens with one attached hydrogen (secondary N) is 2. The van der Waals surface area contributed by atoms with Gasteiger partial charge in [0.2, 0.25) is 0 Å². The van der Waals surface area contributed by atoms with E-state index in [1.54, 1.807) is 18.4 Å². The molecule has 23 heavy (non-hydrogen) atoms. The molecule has 0 aliphatic heterocycles. The van der Waals surface area contributed by atoms with Crippen molar-refractivity contribution in [3.63, 3.8) is 0 Å². The lowest BCUT2D eigenvalue weighted by atomic mass is 10.2. The minimum atomic E-state index is -0.209. The summed E-state index contributed by atoms with van der Waals surface area (Å²) in [6.45, 7) is 9.04. The molecular formula is C15H27IN4O2S. The molecule has 0 aliphatic carbocycles. The first-order valence-corrected chi connectivity index (χ1v) is 8.38. The third-order valence-electron chi connectivity index (χ3n) is 2.78. The first-order chi connectivity index (χ1) is 10.4. The van der Waals surface area contributed by atoms with Crippen molar-refractivity contribution in [2.24, 2.45) is 4.99 Å². The van der Waals surface area contributed by atoms with Crippen LogP contribution in [0.5, 0.6) is 0 Å². The Labute approximate surface area is 159 Å². The van der Waals surface area contributed by atoms with Gasteiger partial charge in [-0.25, -0.2) is 4.98 Å². The standard InChI is InChI=1S/C15H26N4O2S.HI/c1-10(2)12-9-22-13(19-12)8-18-15(16-5)17-7-6-14(20)21-11(3)4;/h9-11H,6-8H2,1-5H3,(H2,16,17,18);1H. The van der Waals surface area contributed by atoms with Gasteiger partial charge < -0.3 is 15.4 Å². The number of carbonyl (C=O) groups excluding carboxylic acids is 1. The van der Waals surface area contributed by atoms with E-state index < -0.39 is 0 Å².